The van der Waals surface area contributed by atoms with Gasteiger partial charge in [-0.3, -0.25) is 14.2 Å². The largest absolute Gasteiger partial charge is 0.492 e. The van der Waals surface area contributed by atoms with Crippen molar-refractivity contribution < 1.29 is 14.6 Å². The Kier molecular flexibility index (Phi) is 4.89. The molecule has 32 heavy (non-hydrogen) atoms. The van der Waals surface area contributed by atoms with Gasteiger partial charge < -0.3 is 20.9 Å². The van der Waals surface area contributed by atoms with Gasteiger partial charge in [0.15, 0.2) is 5.56 Å². The minimum Gasteiger partial charge on any atom is -0.492 e. The summed E-state index contributed by atoms with van der Waals surface area (Å²) in [5, 5.41) is 18.2. The van der Waals surface area contributed by atoms with Crippen LogP contribution in [0.1, 0.15) is 43.0 Å². The second-order valence-electron chi connectivity index (χ2n) is 9.00. The van der Waals surface area contributed by atoms with E-state index in [2.05, 4.69) is 22.3 Å². The number of carbonyl (C=O) groups excluding carboxylic acids is 1. The highest BCUT2D eigenvalue weighted by Crippen LogP contribution is 2.33. The van der Waals surface area contributed by atoms with Crippen LogP contribution in [0.5, 0.6) is 5.88 Å². The van der Waals surface area contributed by atoms with E-state index in [-0.39, 0.29) is 22.8 Å². The lowest BCUT2D eigenvalue weighted by Crippen LogP contribution is -2.39. The second-order valence-corrected chi connectivity index (χ2v) is 9.00. The van der Waals surface area contributed by atoms with E-state index in [1.807, 2.05) is 0 Å². The molecule has 168 valence electrons. The van der Waals surface area contributed by atoms with Gasteiger partial charge in [0.2, 0.25) is 5.88 Å². The number of anilines is 1. The van der Waals surface area contributed by atoms with Crippen molar-refractivity contribution in [3.05, 3.63) is 40.3 Å². The zero-order valence-corrected chi connectivity index (χ0v) is 17.9. The Morgan fingerprint density at radius 1 is 1.38 bits per heavy atom. The van der Waals surface area contributed by atoms with Crippen molar-refractivity contribution in [1.82, 2.24) is 24.5 Å². The lowest BCUT2D eigenvalue weighted by atomic mass is 9.82. The third-order valence-electron chi connectivity index (χ3n) is 6.34. The quantitative estimate of drug-likeness (QED) is 0.550. The first-order valence-corrected chi connectivity index (χ1v) is 10.8. The molecular weight excluding hydrogens is 412 g/mol. The van der Waals surface area contributed by atoms with Gasteiger partial charge in [-0.15, -0.1) is 0 Å². The number of nitrogens with zero attached hydrogens (tertiary/aromatic N) is 4. The molecule has 10 heteroatoms. The number of nitrogen functional groups attached to an aromatic ring is 1. The average molecular weight is 438 g/mol. The molecule has 0 atom stereocenters. The molecule has 1 saturated heterocycles. The number of nitrogens with two attached hydrogens (primary N) is 1. The molecule has 1 aliphatic heterocycles. The third-order valence-corrected chi connectivity index (χ3v) is 6.34. The number of carbonyl (C=O) groups is 1. The Balaban J connectivity index is 1.70. The van der Waals surface area contributed by atoms with Gasteiger partial charge in [-0.1, -0.05) is 6.92 Å². The molecule has 5 rings (SSSR count). The van der Waals surface area contributed by atoms with Crippen LogP contribution in [-0.4, -0.2) is 49.4 Å². The van der Waals surface area contributed by atoms with Crippen molar-refractivity contribution in [3.8, 4) is 17.1 Å². The lowest BCUT2D eigenvalue weighted by Gasteiger charge is -2.34. The molecule has 3 aromatic heterocycles. The molecule has 0 bridgehead atoms. The summed E-state index contributed by atoms with van der Waals surface area (Å²) in [4.78, 5) is 30.5. The van der Waals surface area contributed by atoms with Crippen LogP contribution in [0.25, 0.3) is 16.9 Å². The number of fused-ring (bicyclic) bond motifs is 1. The topological polar surface area (TPSA) is 137 Å². The van der Waals surface area contributed by atoms with E-state index in [1.165, 1.54) is 9.08 Å². The number of ether oxygens (including phenoxy) is 1. The molecular formula is C22H26N6O4. The first kappa shape index (κ1) is 20.5. The van der Waals surface area contributed by atoms with Crippen molar-refractivity contribution in [2.24, 2.45) is 5.41 Å². The van der Waals surface area contributed by atoms with Crippen molar-refractivity contribution in [3.63, 3.8) is 0 Å². The molecule has 4 heterocycles. The van der Waals surface area contributed by atoms with E-state index in [0.717, 1.165) is 25.7 Å². The van der Waals surface area contributed by atoms with Crippen LogP contribution in [0, 0.1) is 5.41 Å². The van der Waals surface area contributed by atoms with Gasteiger partial charge in [-0.25, -0.2) is 4.98 Å². The van der Waals surface area contributed by atoms with Crippen LogP contribution < -0.4 is 16.6 Å². The van der Waals surface area contributed by atoms with Crippen LogP contribution >= 0.6 is 0 Å². The highest BCUT2D eigenvalue weighted by molar-refractivity contribution is 5.96. The molecule has 2 aliphatic rings. The van der Waals surface area contributed by atoms with Gasteiger partial charge in [0.25, 0.3) is 11.5 Å². The van der Waals surface area contributed by atoms with E-state index in [4.69, 9.17) is 10.5 Å². The van der Waals surface area contributed by atoms with Crippen LogP contribution in [0.3, 0.4) is 0 Å². The standard InChI is InChI=1S/C22H26N6O4/c1-22(6-9-32-10-7-22)12-27-16-11-15(14-3-2-8-24-18(14)23)26-28(16)21(31)17(20(27)30)19(29)25-13-4-5-13/h2-3,8,11,13,31H,4-7,9-10,12H2,1H3,(H2,23,24)(H,25,29). The van der Waals surface area contributed by atoms with Crippen molar-refractivity contribution in [1.29, 1.82) is 0 Å². The molecule has 1 aliphatic carbocycles. The zero-order chi connectivity index (χ0) is 22.5. The van der Waals surface area contributed by atoms with Gasteiger partial charge >= 0.3 is 0 Å². The van der Waals surface area contributed by atoms with Crippen LogP contribution in [-0.2, 0) is 11.3 Å². The highest BCUT2D eigenvalue weighted by Gasteiger charge is 2.33. The van der Waals surface area contributed by atoms with Gasteiger partial charge in [-0.05, 0) is 43.2 Å². The predicted molar refractivity (Wildman–Crippen MR) is 117 cm³/mol. The predicted octanol–water partition coefficient (Wildman–Crippen LogP) is 1.55. The van der Waals surface area contributed by atoms with Crippen LogP contribution in [0.15, 0.2) is 29.2 Å². The Labute approximate surface area is 184 Å². The normalized spacial score (nSPS) is 18.0. The number of hydrogen-bond acceptors (Lipinski definition) is 7. The molecule has 4 N–H and O–H groups in total. The van der Waals surface area contributed by atoms with Gasteiger partial charge in [-0.2, -0.15) is 9.61 Å². The number of nitrogens with one attached hydrogen (secondary N) is 1. The smallest absolute Gasteiger partial charge is 0.270 e. The molecule has 0 unspecified atom stereocenters. The Bertz CT molecular complexity index is 1250. The summed E-state index contributed by atoms with van der Waals surface area (Å²) < 4.78 is 8.28. The number of aromatic nitrogens is 4. The van der Waals surface area contributed by atoms with E-state index in [0.29, 0.717) is 36.7 Å². The second kappa shape index (κ2) is 7.63. The minimum atomic E-state index is -0.583. The third kappa shape index (κ3) is 3.60. The summed E-state index contributed by atoms with van der Waals surface area (Å²) in [6, 6.07) is 5.24. The summed E-state index contributed by atoms with van der Waals surface area (Å²) in [6.07, 6.45) is 4.88. The lowest BCUT2D eigenvalue weighted by molar-refractivity contribution is 0.0154. The summed E-state index contributed by atoms with van der Waals surface area (Å²) in [7, 11) is 0. The van der Waals surface area contributed by atoms with Crippen molar-refractivity contribution in [2.75, 3.05) is 18.9 Å². The monoisotopic (exact) mass is 438 g/mol. The fourth-order valence-electron chi connectivity index (χ4n) is 4.17. The van der Waals surface area contributed by atoms with Crippen molar-refractivity contribution >= 4 is 17.4 Å². The Hall–Kier alpha value is -3.40. The number of hydrogen-bond donors (Lipinski definition) is 3. The number of aromatic hydroxyl groups is 1. The first-order chi connectivity index (χ1) is 15.4. The van der Waals surface area contributed by atoms with E-state index in [9.17, 15) is 14.7 Å². The molecule has 1 amide bonds. The van der Waals surface area contributed by atoms with Gasteiger partial charge in [0.05, 0.1) is 5.69 Å². The Morgan fingerprint density at radius 2 is 2.12 bits per heavy atom. The maximum Gasteiger partial charge on any atom is 0.270 e. The van der Waals surface area contributed by atoms with Crippen LogP contribution in [0.2, 0.25) is 0 Å². The molecule has 2 fully saturated rings. The summed E-state index contributed by atoms with van der Waals surface area (Å²) in [5.74, 6) is -0.779. The van der Waals surface area contributed by atoms with E-state index >= 15 is 0 Å². The molecule has 10 nitrogen and oxygen atoms in total. The molecule has 1 saturated carbocycles. The van der Waals surface area contributed by atoms with Gasteiger partial charge in [0.1, 0.15) is 11.5 Å². The molecule has 0 aromatic carbocycles. The number of pyridine rings is 1. The fourth-order valence-corrected chi connectivity index (χ4v) is 4.17. The first-order valence-electron chi connectivity index (χ1n) is 10.8. The number of amides is 1. The minimum absolute atomic E-state index is 0.0434. The zero-order valence-electron chi connectivity index (χ0n) is 17.9. The Morgan fingerprint density at radius 3 is 2.81 bits per heavy atom. The maximum absolute atomic E-state index is 13.5. The average Bonchev–Trinajstić information content (AvgIpc) is 3.46. The molecule has 3 aromatic rings. The molecule has 0 radical (unpaired) electrons. The van der Waals surface area contributed by atoms with E-state index < -0.39 is 17.3 Å². The maximum atomic E-state index is 13.5. The number of rotatable bonds is 5. The molecule has 0 spiro atoms. The summed E-state index contributed by atoms with van der Waals surface area (Å²) >= 11 is 0. The van der Waals surface area contributed by atoms with Crippen LogP contribution in [0.4, 0.5) is 5.82 Å². The fraction of sp³-hybridized carbons (Fsp3) is 0.455. The van der Waals surface area contributed by atoms with Crippen molar-refractivity contribution in [2.45, 2.75) is 45.2 Å². The highest BCUT2D eigenvalue weighted by atomic mass is 16.5. The SMILES string of the molecule is CC1(Cn2c(=O)c(C(=O)NC3CC3)c(O)n3nc(-c4cccnc4N)cc23)CCOCC1. The van der Waals surface area contributed by atoms with Gasteiger partial charge in [0, 0.05) is 43.6 Å². The summed E-state index contributed by atoms with van der Waals surface area (Å²) in [6.45, 7) is 3.71. The summed E-state index contributed by atoms with van der Waals surface area (Å²) in [5.41, 5.74) is 6.42. The van der Waals surface area contributed by atoms with E-state index in [1.54, 1.807) is 24.4 Å².